The number of carbonyl (C=O) groups excluding carboxylic acids is 1. The van der Waals surface area contributed by atoms with Crippen LogP contribution in [-0.2, 0) is 4.79 Å². The smallest absolute Gasteiger partial charge is 0.152 e. The summed E-state index contributed by atoms with van der Waals surface area (Å²) >= 11 is 2.43. The molecule has 116 valence electrons. The van der Waals surface area contributed by atoms with Crippen LogP contribution in [-0.4, -0.2) is 22.3 Å². The lowest BCUT2D eigenvalue weighted by Crippen LogP contribution is -2.50. The lowest BCUT2D eigenvalue weighted by molar-refractivity contribution is -0.121. The van der Waals surface area contributed by atoms with Crippen LogP contribution in [0.5, 0.6) is 0 Å². The van der Waals surface area contributed by atoms with E-state index >= 15 is 0 Å². The van der Waals surface area contributed by atoms with E-state index in [2.05, 4.69) is 58.7 Å². The van der Waals surface area contributed by atoms with Crippen molar-refractivity contribution in [3.05, 3.63) is 30.3 Å². The van der Waals surface area contributed by atoms with Gasteiger partial charge in [0.15, 0.2) is 5.78 Å². The van der Waals surface area contributed by atoms with Crippen LogP contribution in [0.25, 0.3) is 0 Å². The third-order valence-corrected chi connectivity index (χ3v) is 5.83. The van der Waals surface area contributed by atoms with Crippen LogP contribution >= 0.6 is 22.6 Å². The van der Waals surface area contributed by atoms with Gasteiger partial charge in [-0.15, -0.1) is 0 Å². The first-order valence-electron chi connectivity index (χ1n) is 8.18. The Hall–Kier alpha value is -0.580. The quantitative estimate of drug-likeness (QED) is 0.365. The lowest BCUT2D eigenvalue weighted by atomic mass is 9.90. The number of unbranched alkanes of at least 4 members (excludes halogenated alkanes) is 4. The normalized spacial score (nSPS) is 22.6. The number of alkyl halides is 1. The van der Waals surface area contributed by atoms with Crippen LogP contribution < -0.4 is 4.90 Å². The molecule has 1 aliphatic rings. The second-order valence-corrected chi connectivity index (χ2v) is 8.12. The van der Waals surface area contributed by atoms with Crippen LogP contribution in [0, 0.1) is 0 Å². The van der Waals surface area contributed by atoms with Gasteiger partial charge in [-0.1, -0.05) is 79.8 Å². The molecule has 1 heterocycles. The molecule has 1 unspecified atom stereocenters. The Morgan fingerprint density at radius 3 is 2.57 bits per heavy atom. The fourth-order valence-electron chi connectivity index (χ4n) is 3.02. The van der Waals surface area contributed by atoms with E-state index in [-0.39, 0.29) is 3.42 Å². The summed E-state index contributed by atoms with van der Waals surface area (Å²) in [4.78, 5) is 14.8. The first-order valence-corrected chi connectivity index (χ1v) is 9.26. The molecule has 0 spiro atoms. The molecule has 0 bridgehead atoms. The van der Waals surface area contributed by atoms with Crippen LogP contribution in [0.15, 0.2) is 30.3 Å². The molecule has 0 saturated carbocycles. The number of hydrogen-bond acceptors (Lipinski definition) is 2. The number of carbonyl (C=O) groups is 1. The van der Waals surface area contributed by atoms with Gasteiger partial charge in [0.05, 0.1) is 3.42 Å². The molecule has 1 saturated heterocycles. The number of benzene rings is 1. The Bertz CT molecular complexity index is 448. The molecule has 1 aromatic carbocycles. The van der Waals surface area contributed by atoms with E-state index in [1.165, 1.54) is 37.8 Å². The van der Waals surface area contributed by atoms with E-state index in [1.807, 2.05) is 6.07 Å². The number of rotatable bonds is 7. The fraction of sp³-hybridized carbons (Fsp3) is 0.611. The molecule has 2 nitrogen and oxygen atoms in total. The van der Waals surface area contributed by atoms with Crippen molar-refractivity contribution < 1.29 is 4.79 Å². The molecule has 2 rings (SSSR count). The molecule has 1 atom stereocenters. The molecular formula is C18H26INO. The summed E-state index contributed by atoms with van der Waals surface area (Å²) in [5, 5.41) is 0. The minimum absolute atomic E-state index is 0.182. The van der Waals surface area contributed by atoms with Crippen LogP contribution in [0.2, 0.25) is 0 Å². The standard InChI is InChI=1S/C18H26INO/c1-2-3-4-5-9-13-18(19)15-20(14-12-17(18)21)16-10-7-6-8-11-16/h6-8,10-11H,2-5,9,12-15H2,1H3. The summed E-state index contributed by atoms with van der Waals surface area (Å²) in [6, 6.07) is 10.5. The lowest BCUT2D eigenvalue weighted by Gasteiger charge is -2.39. The molecule has 0 radical (unpaired) electrons. The molecule has 0 aromatic heterocycles. The summed E-state index contributed by atoms with van der Waals surface area (Å²) in [5.41, 5.74) is 1.25. The number of nitrogens with zero attached hydrogens (tertiary/aromatic N) is 1. The van der Waals surface area contributed by atoms with Crippen molar-refractivity contribution in [2.45, 2.75) is 55.3 Å². The molecule has 0 aliphatic carbocycles. The Morgan fingerprint density at radius 1 is 1.14 bits per heavy atom. The molecule has 0 amide bonds. The first kappa shape index (κ1) is 16.8. The van der Waals surface area contributed by atoms with Crippen molar-refractivity contribution in [3.8, 4) is 0 Å². The Labute approximate surface area is 142 Å². The third kappa shape index (κ3) is 4.70. The van der Waals surface area contributed by atoms with Crippen molar-refractivity contribution in [2.75, 3.05) is 18.0 Å². The van der Waals surface area contributed by atoms with E-state index in [4.69, 9.17) is 0 Å². The van der Waals surface area contributed by atoms with Crippen LogP contribution in [0.1, 0.15) is 51.9 Å². The molecule has 21 heavy (non-hydrogen) atoms. The minimum atomic E-state index is -0.182. The van der Waals surface area contributed by atoms with Gasteiger partial charge in [0.2, 0.25) is 0 Å². The summed E-state index contributed by atoms with van der Waals surface area (Å²) < 4.78 is -0.182. The third-order valence-electron chi connectivity index (χ3n) is 4.35. The minimum Gasteiger partial charge on any atom is -0.369 e. The van der Waals surface area contributed by atoms with E-state index in [9.17, 15) is 4.79 Å². The maximum absolute atomic E-state index is 12.4. The van der Waals surface area contributed by atoms with Crippen molar-refractivity contribution in [1.29, 1.82) is 0 Å². The fourth-order valence-corrected chi connectivity index (χ4v) is 4.08. The number of Topliss-reactive ketones (excluding diaryl/α,β-unsaturated/α-hetero) is 1. The second kappa shape index (κ2) is 8.16. The topological polar surface area (TPSA) is 20.3 Å². The zero-order valence-corrected chi connectivity index (χ0v) is 15.1. The average Bonchev–Trinajstić information content (AvgIpc) is 2.51. The van der Waals surface area contributed by atoms with Gasteiger partial charge in [-0.25, -0.2) is 0 Å². The molecule has 1 aliphatic heterocycles. The van der Waals surface area contributed by atoms with Gasteiger partial charge in [0.1, 0.15) is 0 Å². The van der Waals surface area contributed by atoms with Gasteiger partial charge in [0, 0.05) is 25.2 Å². The number of piperidine rings is 1. The van der Waals surface area contributed by atoms with E-state index < -0.39 is 0 Å². The van der Waals surface area contributed by atoms with E-state index in [0.717, 1.165) is 19.5 Å². The Morgan fingerprint density at radius 2 is 1.86 bits per heavy atom. The Balaban J connectivity index is 1.92. The number of para-hydroxylation sites is 1. The van der Waals surface area contributed by atoms with Crippen LogP contribution in [0.4, 0.5) is 5.69 Å². The van der Waals surface area contributed by atoms with Crippen molar-refractivity contribution in [1.82, 2.24) is 0 Å². The highest BCUT2D eigenvalue weighted by atomic mass is 127. The highest BCUT2D eigenvalue weighted by molar-refractivity contribution is 14.1. The summed E-state index contributed by atoms with van der Waals surface area (Å²) in [6.07, 6.45) is 8.05. The SMILES string of the molecule is CCCCCCCC1(I)CN(c2ccccc2)CCC1=O. The Kier molecular flexibility index (Phi) is 6.52. The summed E-state index contributed by atoms with van der Waals surface area (Å²) in [6.45, 7) is 3.97. The van der Waals surface area contributed by atoms with E-state index in [0.29, 0.717) is 12.2 Å². The van der Waals surface area contributed by atoms with Gasteiger partial charge < -0.3 is 4.90 Å². The van der Waals surface area contributed by atoms with Crippen molar-refractivity contribution in [2.24, 2.45) is 0 Å². The number of ketones is 1. The molecule has 3 heteroatoms. The van der Waals surface area contributed by atoms with Gasteiger partial charge in [0.25, 0.3) is 0 Å². The maximum atomic E-state index is 12.4. The average molecular weight is 399 g/mol. The van der Waals surface area contributed by atoms with Crippen molar-refractivity contribution in [3.63, 3.8) is 0 Å². The summed E-state index contributed by atoms with van der Waals surface area (Å²) in [7, 11) is 0. The predicted molar refractivity (Wildman–Crippen MR) is 98.4 cm³/mol. The number of halogens is 1. The molecular weight excluding hydrogens is 373 g/mol. The van der Waals surface area contributed by atoms with Gasteiger partial charge in [-0.2, -0.15) is 0 Å². The number of anilines is 1. The highest BCUT2D eigenvalue weighted by Crippen LogP contribution is 2.34. The first-order chi connectivity index (χ1) is 10.2. The predicted octanol–water partition coefficient (Wildman–Crippen LogP) is 5.00. The zero-order valence-electron chi connectivity index (χ0n) is 13.0. The number of hydrogen-bond donors (Lipinski definition) is 0. The second-order valence-electron chi connectivity index (χ2n) is 6.06. The van der Waals surface area contributed by atoms with Gasteiger partial charge >= 0.3 is 0 Å². The highest BCUT2D eigenvalue weighted by Gasteiger charge is 2.39. The van der Waals surface area contributed by atoms with Gasteiger partial charge in [-0.05, 0) is 18.6 Å². The monoisotopic (exact) mass is 399 g/mol. The van der Waals surface area contributed by atoms with Crippen molar-refractivity contribution >= 4 is 34.1 Å². The van der Waals surface area contributed by atoms with Gasteiger partial charge in [-0.3, -0.25) is 4.79 Å². The zero-order chi connectivity index (χ0) is 15.1. The molecule has 1 fully saturated rings. The van der Waals surface area contributed by atoms with E-state index in [1.54, 1.807) is 0 Å². The van der Waals surface area contributed by atoms with Crippen LogP contribution in [0.3, 0.4) is 0 Å². The molecule has 0 N–H and O–H groups in total. The largest absolute Gasteiger partial charge is 0.369 e. The maximum Gasteiger partial charge on any atom is 0.152 e. The summed E-state index contributed by atoms with van der Waals surface area (Å²) in [5.74, 6) is 0.450. The molecule has 1 aromatic rings.